The average Bonchev–Trinajstić information content (AvgIpc) is 3.15. The number of unbranched alkanes of at least 4 members (excludes halogenated alkanes) is 15. The minimum Gasteiger partial charge on any atom is -0.466 e. The van der Waals surface area contributed by atoms with Crippen molar-refractivity contribution in [3.8, 4) is 0 Å². The standard InChI is InChI=1S/C46H85NO6/c1-5-7-9-11-13-20-28-38-50-44(48)34-25-18-15-17-24-33-43(42-45(49)51-39-31-37-47(3)4)32-23-16-12-14-21-30-41-53-46(35-26-22-27-36-46)52-40-29-19-10-8-6-2/h19-20,28-29,43H,5-18,21-27,30-42H2,1-4H3/b28-20-,29-19-. The van der Waals surface area contributed by atoms with Crippen LogP contribution in [0.4, 0.5) is 0 Å². The normalized spacial score (nSPS) is 15.1. The number of hydrogen-bond donors (Lipinski definition) is 0. The van der Waals surface area contributed by atoms with E-state index in [0.29, 0.717) is 38.6 Å². The summed E-state index contributed by atoms with van der Waals surface area (Å²) in [5.41, 5.74) is 0. The molecule has 0 bridgehead atoms. The molecule has 0 aromatic carbocycles. The molecular weight excluding hydrogens is 663 g/mol. The number of allylic oxidation sites excluding steroid dienone is 2. The van der Waals surface area contributed by atoms with Crippen LogP contribution >= 0.6 is 0 Å². The summed E-state index contributed by atoms with van der Waals surface area (Å²) < 4.78 is 23.7. The highest BCUT2D eigenvalue weighted by Crippen LogP contribution is 2.33. The van der Waals surface area contributed by atoms with Gasteiger partial charge in [0, 0.05) is 32.2 Å². The number of nitrogens with zero attached hydrogens (tertiary/aromatic N) is 1. The highest BCUT2D eigenvalue weighted by molar-refractivity contribution is 5.69. The molecule has 7 heteroatoms. The molecule has 1 unspecified atom stereocenters. The smallest absolute Gasteiger partial charge is 0.306 e. The van der Waals surface area contributed by atoms with E-state index in [1.807, 2.05) is 20.2 Å². The zero-order valence-electron chi connectivity index (χ0n) is 35.3. The van der Waals surface area contributed by atoms with Crippen molar-refractivity contribution in [1.29, 1.82) is 0 Å². The molecule has 0 aliphatic heterocycles. The van der Waals surface area contributed by atoms with Crippen LogP contribution in [0.1, 0.15) is 200 Å². The first-order valence-corrected chi connectivity index (χ1v) is 22.4. The van der Waals surface area contributed by atoms with E-state index in [4.69, 9.17) is 18.9 Å². The maximum atomic E-state index is 12.7. The summed E-state index contributed by atoms with van der Waals surface area (Å²) in [5.74, 6) is -0.0930. The zero-order chi connectivity index (χ0) is 38.5. The Kier molecular flexibility index (Phi) is 33.5. The molecule has 0 N–H and O–H groups in total. The van der Waals surface area contributed by atoms with Crippen LogP contribution < -0.4 is 0 Å². The van der Waals surface area contributed by atoms with Crippen molar-refractivity contribution >= 4 is 11.9 Å². The molecule has 7 nitrogen and oxygen atoms in total. The van der Waals surface area contributed by atoms with Crippen LogP contribution in [0.3, 0.4) is 0 Å². The van der Waals surface area contributed by atoms with E-state index in [2.05, 4.69) is 37.0 Å². The minimum atomic E-state index is -0.367. The van der Waals surface area contributed by atoms with E-state index in [9.17, 15) is 9.59 Å². The summed E-state index contributed by atoms with van der Waals surface area (Å²) in [6.45, 7) is 7.74. The second-order valence-electron chi connectivity index (χ2n) is 15.9. The third-order valence-corrected chi connectivity index (χ3v) is 10.5. The van der Waals surface area contributed by atoms with E-state index in [1.54, 1.807) is 0 Å². The lowest BCUT2D eigenvalue weighted by atomic mass is 9.91. The van der Waals surface area contributed by atoms with Crippen molar-refractivity contribution in [1.82, 2.24) is 4.90 Å². The maximum absolute atomic E-state index is 12.7. The van der Waals surface area contributed by atoms with E-state index in [1.165, 1.54) is 89.9 Å². The number of ether oxygens (including phenoxy) is 4. The molecule has 0 aromatic heterocycles. The van der Waals surface area contributed by atoms with Crippen LogP contribution in [-0.4, -0.2) is 69.7 Å². The third-order valence-electron chi connectivity index (χ3n) is 10.5. The van der Waals surface area contributed by atoms with Gasteiger partial charge in [-0.3, -0.25) is 9.59 Å². The van der Waals surface area contributed by atoms with E-state index >= 15 is 0 Å². The Morgan fingerprint density at radius 3 is 1.87 bits per heavy atom. The minimum absolute atomic E-state index is 0.0363. The van der Waals surface area contributed by atoms with E-state index < -0.39 is 0 Å². The van der Waals surface area contributed by atoms with Gasteiger partial charge in [0.25, 0.3) is 0 Å². The Morgan fingerprint density at radius 1 is 0.585 bits per heavy atom. The topological polar surface area (TPSA) is 74.3 Å². The molecule has 310 valence electrons. The van der Waals surface area contributed by atoms with Gasteiger partial charge in [0.15, 0.2) is 5.79 Å². The Morgan fingerprint density at radius 2 is 1.19 bits per heavy atom. The third kappa shape index (κ3) is 31.2. The van der Waals surface area contributed by atoms with Crippen molar-refractivity contribution in [2.24, 2.45) is 5.92 Å². The van der Waals surface area contributed by atoms with Gasteiger partial charge in [0.05, 0.1) is 19.8 Å². The quantitative estimate of drug-likeness (QED) is 0.0271. The van der Waals surface area contributed by atoms with Crippen LogP contribution in [0.2, 0.25) is 0 Å². The molecule has 1 fully saturated rings. The summed E-state index contributed by atoms with van der Waals surface area (Å²) >= 11 is 0. The fraction of sp³-hybridized carbons (Fsp3) is 0.870. The van der Waals surface area contributed by atoms with Crippen molar-refractivity contribution in [3.63, 3.8) is 0 Å². The predicted octanol–water partition coefficient (Wildman–Crippen LogP) is 12.5. The predicted molar refractivity (Wildman–Crippen MR) is 222 cm³/mol. The average molecular weight is 748 g/mol. The van der Waals surface area contributed by atoms with Crippen molar-refractivity contribution < 1.29 is 28.5 Å². The molecule has 0 heterocycles. The summed E-state index contributed by atoms with van der Waals surface area (Å²) in [5, 5.41) is 0. The van der Waals surface area contributed by atoms with E-state index in [0.717, 1.165) is 96.6 Å². The second-order valence-corrected chi connectivity index (χ2v) is 15.9. The molecular formula is C46H85NO6. The number of carbonyl (C=O) groups excluding carboxylic acids is 2. The molecule has 1 aliphatic carbocycles. The van der Waals surface area contributed by atoms with Gasteiger partial charge in [0.2, 0.25) is 0 Å². The lowest BCUT2D eigenvalue weighted by Crippen LogP contribution is -2.38. The molecule has 0 aromatic rings. The monoisotopic (exact) mass is 748 g/mol. The first-order chi connectivity index (χ1) is 25.9. The number of hydrogen-bond acceptors (Lipinski definition) is 7. The van der Waals surface area contributed by atoms with Crippen LogP contribution in [0.5, 0.6) is 0 Å². The summed E-state index contributed by atoms with van der Waals surface area (Å²) in [6, 6.07) is 0. The van der Waals surface area contributed by atoms with Gasteiger partial charge >= 0.3 is 11.9 Å². The van der Waals surface area contributed by atoms with Crippen LogP contribution in [0, 0.1) is 5.92 Å². The number of rotatable bonds is 37. The van der Waals surface area contributed by atoms with Crippen molar-refractivity contribution in [2.45, 2.75) is 206 Å². The summed E-state index contributed by atoms with van der Waals surface area (Å²) in [7, 11) is 4.09. The SMILES string of the molecule is CCCC/C=C\COC1(OCCCCCCCCC(CCCCCCCC(=O)OC/C=C\CCCCCC)CC(=O)OCCCN(C)C)CCCCC1. The first kappa shape index (κ1) is 49.3. The molecule has 1 rings (SSSR count). The molecule has 1 atom stereocenters. The maximum Gasteiger partial charge on any atom is 0.306 e. The van der Waals surface area contributed by atoms with Crippen molar-refractivity contribution in [3.05, 3.63) is 24.3 Å². The van der Waals surface area contributed by atoms with Gasteiger partial charge in [-0.1, -0.05) is 134 Å². The Hall–Kier alpha value is -1.70. The van der Waals surface area contributed by atoms with Crippen LogP contribution in [-0.2, 0) is 28.5 Å². The summed E-state index contributed by atoms with van der Waals surface area (Å²) in [6.07, 6.45) is 40.6. The molecule has 1 saturated carbocycles. The van der Waals surface area contributed by atoms with Crippen LogP contribution in [0.15, 0.2) is 24.3 Å². The molecule has 0 radical (unpaired) electrons. The molecule has 0 spiro atoms. The van der Waals surface area contributed by atoms with Crippen molar-refractivity contribution in [2.75, 3.05) is 47.1 Å². The first-order valence-electron chi connectivity index (χ1n) is 22.4. The Balaban J connectivity index is 2.26. The highest BCUT2D eigenvalue weighted by Gasteiger charge is 2.33. The largest absolute Gasteiger partial charge is 0.466 e. The van der Waals surface area contributed by atoms with Gasteiger partial charge in [-0.25, -0.2) is 0 Å². The Bertz CT molecular complexity index is 896. The lowest BCUT2D eigenvalue weighted by Gasteiger charge is -2.36. The molecule has 0 saturated heterocycles. The highest BCUT2D eigenvalue weighted by atomic mass is 16.7. The fourth-order valence-electron chi connectivity index (χ4n) is 7.16. The fourth-order valence-corrected chi connectivity index (χ4v) is 7.16. The van der Waals surface area contributed by atoms with Gasteiger partial charge in [0.1, 0.15) is 6.61 Å². The number of esters is 2. The van der Waals surface area contributed by atoms with Gasteiger partial charge in [-0.2, -0.15) is 0 Å². The second kappa shape index (κ2) is 36.0. The van der Waals surface area contributed by atoms with E-state index in [-0.39, 0.29) is 17.7 Å². The van der Waals surface area contributed by atoms with Gasteiger partial charge in [-0.05, 0) is 84.2 Å². The number of carbonyl (C=O) groups is 2. The zero-order valence-corrected chi connectivity index (χ0v) is 35.3. The molecule has 1 aliphatic rings. The molecule has 53 heavy (non-hydrogen) atoms. The lowest BCUT2D eigenvalue weighted by molar-refractivity contribution is -0.247. The molecule has 0 amide bonds. The summed E-state index contributed by atoms with van der Waals surface area (Å²) in [4.78, 5) is 26.9. The van der Waals surface area contributed by atoms with Gasteiger partial charge < -0.3 is 23.8 Å². The Labute approximate surface area is 327 Å². The van der Waals surface area contributed by atoms with Crippen LogP contribution in [0.25, 0.3) is 0 Å². The van der Waals surface area contributed by atoms with Gasteiger partial charge in [-0.15, -0.1) is 0 Å².